The molecule has 2 aromatic rings. The number of aryl methyl sites for hydroxylation is 1. The zero-order valence-electron chi connectivity index (χ0n) is 10.6. The van der Waals surface area contributed by atoms with E-state index in [1.54, 1.807) is 18.2 Å². The highest BCUT2D eigenvalue weighted by atomic mass is 35.5. The lowest BCUT2D eigenvalue weighted by Gasteiger charge is -2.08. The number of nitrogens with zero attached hydrogens (tertiary/aromatic N) is 1. The number of rotatable bonds is 2. The van der Waals surface area contributed by atoms with E-state index in [2.05, 4.69) is 5.32 Å². The SMILES string of the molecule is Cc1ccc(Cl)c(C(=O)Nc2ccc(C#N)cc2F)c1. The average Bonchev–Trinajstić information content (AvgIpc) is 2.43. The van der Waals surface area contributed by atoms with Crippen LogP contribution in [0, 0.1) is 24.1 Å². The van der Waals surface area contributed by atoms with Crippen LogP contribution in [0.25, 0.3) is 0 Å². The molecule has 3 nitrogen and oxygen atoms in total. The van der Waals surface area contributed by atoms with Gasteiger partial charge in [0.25, 0.3) is 5.91 Å². The highest BCUT2D eigenvalue weighted by Gasteiger charge is 2.13. The van der Waals surface area contributed by atoms with Crippen molar-refractivity contribution in [1.29, 1.82) is 5.26 Å². The summed E-state index contributed by atoms with van der Waals surface area (Å²) in [5.41, 5.74) is 1.34. The molecule has 0 saturated carbocycles. The number of hydrogen-bond donors (Lipinski definition) is 1. The van der Waals surface area contributed by atoms with Crippen LogP contribution in [-0.4, -0.2) is 5.91 Å². The van der Waals surface area contributed by atoms with Crippen molar-refractivity contribution in [3.8, 4) is 6.07 Å². The third-order valence-corrected chi connectivity index (χ3v) is 3.04. The summed E-state index contributed by atoms with van der Waals surface area (Å²) in [6.07, 6.45) is 0. The minimum atomic E-state index is -0.666. The molecule has 2 aromatic carbocycles. The lowest BCUT2D eigenvalue weighted by atomic mass is 10.1. The van der Waals surface area contributed by atoms with Crippen LogP contribution < -0.4 is 5.32 Å². The van der Waals surface area contributed by atoms with E-state index in [0.717, 1.165) is 11.6 Å². The summed E-state index contributed by atoms with van der Waals surface area (Å²) in [5, 5.41) is 11.4. The maximum absolute atomic E-state index is 13.7. The number of carbonyl (C=O) groups is 1. The van der Waals surface area contributed by atoms with Crippen molar-refractivity contribution in [2.45, 2.75) is 6.92 Å². The minimum Gasteiger partial charge on any atom is -0.319 e. The van der Waals surface area contributed by atoms with E-state index >= 15 is 0 Å². The number of carbonyl (C=O) groups excluding carboxylic acids is 1. The van der Waals surface area contributed by atoms with Crippen LogP contribution in [0.5, 0.6) is 0 Å². The summed E-state index contributed by atoms with van der Waals surface area (Å²) in [7, 11) is 0. The monoisotopic (exact) mass is 288 g/mol. The normalized spacial score (nSPS) is 9.90. The number of amides is 1. The second-order valence-corrected chi connectivity index (χ2v) is 4.65. The van der Waals surface area contributed by atoms with Crippen molar-refractivity contribution in [2.75, 3.05) is 5.32 Å². The molecule has 0 bridgehead atoms. The molecule has 0 fully saturated rings. The predicted octanol–water partition coefficient (Wildman–Crippen LogP) is 3.91. The fourth-order valence-electron chi connectivity index (χ4n) is 1.69. The zero-order chi connectivity index (χ0) is 14.7. The Balaban J connectivity index is 2.28. The molecular formula is C15H10ClFN2O. The van der Waals surface area contributed by atoms with E-state index in [0.29, 0.717) is 5.02 Å². The van der Waals surface area contributed by atoms with Crippen LogP contribution in [0.15, 0.2) is 36.4 Å². The Kier molecular flexibility index (Phi) is 4.02. The molecule has 1 amide bonds. The predicted molar refractivity (Wildman–Crippen MR) is 75.3 cm³/mol. The number of hydrogen-bond acceptors (Lipinski definition) is 2. The topological polar surface area (TPSA) is 52.9 Å². The lowest BCUT2D eigenvalue weighted by Crippen LogP contribution is -2.13. The van der Waals surface area contributed by atoms with E-state index in [4.69, 9.17) is 16.9 Å². The fraction of sp³-hybridized carbons (Fsp3) is 0.0667. The van der Waals surface area contributed by atoms with Crippen molar-refractivity contribution >= 4 is 23.2 Å². The van der Waals surface area contributed by atoms with E-state index in [1.165, 1.54) is 12.1 Å². The first-order chi connectivity index (χ1) is 9.51. The zero-order valence-corrected chi connectivity index (χ0v) is 11.3. The summed E-state index contributed by atoms with van der Waals surface area (Å²) in [6, 6.07) is 10.7. The number of nitrogens with one attached hydrogen (secondary N) is 1. The van der Waals surface area contributed by atoms with Crippen LogP contribution in [0.4, 0.5) is 10.1 Å². The van der Waals surface area contributed by atoms with Gasteiger partial charge in [-0.3, -0.25) is 4.79 Å². The first-order valence-corrected chi connectivity index (χ1v) is 6.16. The summed E-state index contributed by atoms with van der Waals surface area (Å²) in [5.74, 6) is -1.16. The molecule has 0 radical (unpaired) electrons. The maximum atomic E-state index is 13.7. The van der Waals surface area contributed by atoms with Gasteiger partial charge in [0, 0.05) is 0 Å². The van der Waals surface area contributed by atoms with Crippen molar-refractivity contribution < 1.29 is 9.18 Å². The molecule has 0 aliphatic carbocycles. The molecule has 20 heavy (non-hydrogen) atoms. The molecule has 0 aliphatic heterocycles. The van der Waals surface area contributed by atoms with Crippen LogP contribution in [0.2, 0.25) is 5.02 Å². The van der Waals surface area contributed by atoms with E-state index in [9.17, 15) is 9.18 Å². The summed E-state index contributed by atoms with van der Waals surface area (Å²) in [4.78, 5) is 12.1. The van der Waals surface area contributed by atoms with Gasteiger partial charge in [0.2, 0.25) is 0 Å². The van der Waals surface area contributed by atoms with Gasteiger partial charge in [0.05, 0.1) is 27.9 Å². The van der Waals surface area contributed by atoms with Gasteiger partial charge in [0.15, 0.2) is 0 Å². The van der Waals surface area contributed by atoms with Crippen LogP contribution in [0.3, 0.4) is 0 Å². The van der Waals surface area contributed by atoms with E-state index in [1.807, 2.05) is 13.0 Å². The Morgan fingerprint density at radius 3 is 2.70 bits per heavy atom. The van der Waals surface area contributed by atoms with Crippen LogP contribution >= 0.6 is 11.6 Å². The summed E-state index contributed by atoms with van der Waals surface area (Å²) < 4.78 is 13.7. The van der Waals surface area contributed by atoms with E-state index < -0.39 is 11.7 Å². The van der Waals surface area contributed by atoms with Crippen LogP contribution in [-0.2, 0) is 0 Å². The Hall–Kier alpha value is -2.38. The van der Waals surface area contributed by atoms with Gasteiger partial charge in [-0.1, -0.05) is 23.2 Å². The standard InChI is InChI=1S/C15H10ClFN2O/c1-9-2-4-12(16)11(6-9)15(20)19-14-5-3-10(8-18)7-13(14)17/h2-7H,1H3,(H,19,20). The molecular weight excluding hydrogens is 279 g/mol. The molecule has 0 unspecified atom stereocenters. The van der Waals surface area contributed by atoms with Crippen molar-refractivity contribution in [3.63, 3.8) is 0 Å². The summed E-state index contributed by atoms with van der Waals surface area (Å²) >= 11 is 5.95. The molecule has 0 aromatic heterocycles. The second kappa shape index (κ2) is 5.72. The average molecular weight is 289 g/mol. The largest absolute Gasteiger partial charge is 0.319 e. The van der Waals surface area contributed by atoms with Gasteiger partial charge >= 0.3 is 0 Å². The third kappa shape index (κ3) is 2.95. The Morgan fingerprint density at radius 1 is 1.30 bits per heavy atom. The molecule has 2 rings (SSSR count). The fourth-order valence-corrected chi connectivity index (χ4v) is 1.89. The van der Waals surface area contributed by atoms with Crippen molar-refractivity contribution in [3.05, 3.63) is 63.9 Å². The number of anilines is 1. The summed E-state index contributed by atoms with van der Waals surface area (Å²) in [6.45, 7) is 1.83. The first-order valence-electron chi connectivity index (χ1n) is 5.78. The van der Waals surface area contributed by atoms with Crippen molar-refractivity contribution in [2.24, 2.45) is 0 Å². The van der Waals surface area contributed by atoms with E-state index in [-0.39, 0.29) is 16.8 Å². The van der Waals surface area contributed by atoms with Crippen molar-refractivity contribution in [1.82, 2.24) is 0 Å². The number of nitriles is 1. The van der Waals surface area contributed by atoms with Crippen LogP contribution in [0.1, 0.15) is 21.5 Å². The molecule has 0 saturated heterocycles. The maximum Gasteiger partial charge on any atom is 0.257 e. The number of halogens is 2. The van der Waals surface area contributed by atoms with Gasteiger partial charge in [-0.25, -0.2) is 4.39 Å². The Morgan fingerprint density at radius 2 is 2.05 bits per heavy atom. The smallest absolute Gasteiger partial charge is 0.257 e. The quantitative estimate of drug-likeness (QED) is 0.911. The molecule has 1 N–H and O–H groups in total. The molecule has 0 aliphatic rings. The molecule has 100 valence electrons. The Labute approximate surface area is 120 Å². The van der Waals surface area contributed by atoms with Gasteiger partial charge in [-0.2, -0.15) is 5.26 Å². The van der Waals surface area contributed by atoms with Gasteiger partial charge in [-0.05, 0) is 37.3 Å². The third-order valence-electron chi connectivity index (χ3n) is 2.71. The second-order valence-electron chi connectivity index (χ2n) is 4.24. The molecule has 0 spiro atoms. The first kappa shape index (κ1) is 14.0. The molecule has 0 atom stereocenters. The van der Waals surface area contributed by atoms with Gasteiger partial charge < -0.3 is 5.32 Å². The minimum absolute atomic E-state index is 0.00609. The molecule has 0 heterocycles. The molecule has 5 heteroatoms. The van der Waals surface area contributed by atoms with Gasteiger partial charge in [-0.15, -0.1) is 0 Å². The van der Waals surface area contributed by atoms with Gasteiger partial charge in [0.1, 0.15) is 5.82 Å². The number of benzene rings is 2. The highest BCUT2D eigenvalue weighted by molar-refractivity contribution is 6.34. The lowest BCUT2D eigenvalue weighted by molar-refractivity contribution is 0.102. The highest BCUT2D eigenvalue weighted by Crippen LogP contribution is 2.21. The Bertz CT molecular complexity index is 722.